The minimum atomic E-state index is 0.734. The fraction of sp³-hybridized carbons (Fsp3) is 0.120. The van der Waals surface area contributed by atoms with Crippen LogP contribution in [0.15, 0.2) is 66.9 Å². The fourth-order valence-corrected chi connectivity index (χ4v) is 3.91. The van der Waals surface area contributed by atoms with Crippen molar-refractivity contribution in [2.45, 2.75) is 20.8 Å². The second-order valence-electron chi connectivity index (χ2n) is 7.53. The van der Waals surface area contributed by atoms with Gasteiger partial charge >= 0.3 is 0 Å². The predicted molar refractivity (Wildman–Crippen MR) is 121 cm³/mol. The molecule has 142 valence electrons. The van der Waals surface area contributed by atoms with Crippen molar-refractivity contribution in [2.75, 3.05) is 0 Å². The third kappa shape index (κ3) is 2.90. The lowest BCUT2D eigenvalue weighted by atomic mass is 10.0. The Morgan fingerprint density at radius 1 is 0.793 bits per heavy atom. The number of hydrogen-bond acceptors (Lipinski definition) is 2. The van der Waals surface area contributed by atoms with Crippen LogP contribution in [-0.4, -0.2) is 14.8 Å². The molecule has 0 aliphatic rings. The molecular formula is C25H20ClN3. The van der Waals surface area contributed by atoms with Crippen LogP contribution in [0.1, 0.15) is 16.7 Å². The molecule has 0 saturated heterocycles. The van der Waals surface area contributed by atoms with Crippen molar-refractivity contribution in [3.05, 3.63) is 88.6 Å². The SMILES string of the molecule is Cc1ccc(-c2nn(-c3ccc(C)c(Cl)c3)c3c2cnc2ccccc23)cc1C. The number of aromatic nitrogens is 3. The van der Waals surface area contributed by atoms with E-state index >= 15 is 0 Å². The molecule has 0 radical (unpaired) electrons. The highest BCUT2D eigenvalue weighted by atomic mass is 35.5. The van der Waals surface area contributed by atoms with E-state index in [1.807, 2.05) is 48.1 Å². The van der Waals surface area contributed by atoms with Gasteiger partial charge in [0.25, 0.3) is 0 Å². The van der Waals surface area contributed by atoms with E-state index < -0.39 is 0 Å². The Labute approximate surface area is 174 Å². The van der Waals surface area contributed by atoms with Gasteiger partial charge in [-0.1, -0.05) is 48.0 Å². The number of para-hydroxylation sites is 1. The first kappa shape index (κ1) is 17.9. The molecular weight excluding hydrogens is 378 g/mol. The maximum Gasteiger partial charge on any atom is 0.102 e. The fourth-order valence-electron chi connectivity index (χ4n) is 3.73. The van der Waals surface area contributed by atoms with Gasteiger partial charge in [0.2, 0.25) is 0 Å². The number of pyridine rings is 1. The summed E-state index contributed by atoms with van der Waals surface area (Å²) in [4.78, 5) is 4.69. The third-order valence-corrected chi connectivity index (χ3v) is 6.00. The summed E-state index contributed by atoms with van der Waals surface area (Å²) in [5.74, 6) is 0. The Morgan fingerprint density at radius 3 is 2.38 bits per heavy atom. The molecule has 0 atom stereocenters. The molecule has 0 amide bonds. The average molecular weight is 398 g/mol. The van der Waals surface area contributed by atoms with Crippen LogP contribution in [0, 0.1) is 20.8 Å². The first-order valence-corrected chi connectivity index (χ1v) is 10.0. The minimum Gasteiger partial charge on any atom is -0.255 e. The van der Waals surface area contributed by atoms with Gasteiger partial charge in [0, 0.05) is 27.6 Å². The lowest BCUT2D eigenvalue weighted by molar-refractivity contribution is 0.917. The Balaban J connectivity index is 1.89. The highest BCUT2D eigenvalue weighted by molar-refractivity contribution is 6.31. The molecule has 0 aliphatic carbocycles. The topological polar surface area (TPSA) is 30.7 Å². The summed E-state index contributed by atoms with van der Waals surface area (Å²) in [6.07, 6.45) is 1.93. The molecule has 4 heteroatoms. The Hall–Kier alpha value is -3.17. The highest BCUT2D eigenvalue weighted by Gasteiger charge is 2.17. The summed E-state index contributed by atoms with van der Waals surface area (Å²) in [5, 5.41) is 7.88. The molecule has 3 aromatic carbocycles. The van der Waals surface area contributed by atoms with E-state index in [9.17, 15) is 0 Å². The van der Waals surface area contributed by atoms with Crippen LogP contribution in [0.3, 0.4) is 0 Å². The van der Waals surface area contributed by atoms with Gasteiger partial charge in [0.15, 0.2) is 0 Å². The van der Waals surface area contributed by atoms with Crippen LogP contribution in [0.4, 0.5) is 0 Å². The lowest BCUT2D eigenvalue weighted by Crippen LogP contribution is -1.98. The standard InChI is InChI=1S/C25H20ClN3/c1-15-8-10-18(12-17(15)3)24-21-14-27-23-7-5-4-6-20(23)25(21)29(28-24)19-11-9-16(2)22(26)13-19/h4-14H,1-3H3. The van der Waals surface area contributed by atoms with E-state index in [4.69, 9.17) is 21.7 Å². The molecule has 0 unspecified atom stereocenters. The zero-order valence-corrected chi connectivity index (χ0v) is 17.3. The molecule has 29 heavy (non-hydrogen) atoms. The second-order valence-corrected chi connectivity index (χ2v) is 7.94. The normalized spacial score (nSPS) is 11.4. The van der Waals surface area contributed by atoms with E-state index in [2.05, 4.69) is 44.2 Å². The maximum atomic E-state index is 6.44. The molecule has 5 aromatic rings. The van der Waals surface area contributed by atoms with Gasteiger partial charge in [-0.15, -0.1) is 0 Å². The van der Waals surface area contributed by atoms with E-state index in [1.165, 1.54) is 11.1 Å². The van der Waals surface area contributed by atoms with Crippen molar-refractivity contribution in [3.8, 4) is 16.9 Å². The molecule has 0 N–H and O–H groups in total. The van der Waals surface area contributed by atoms with Crippen molar-refractivity contribution < 1.29 is 0 Å². The van der Waals surface area contributed by atoms with Crippen LogP contribution < -0.4 is 0 Å². The number of aryl methyl sites for hydroxylation is 3. The molecule has 5 rings (SSSR count). The number of benzene rings is 3. The molecule has 0 fully saturated rings. The van der Waals surface area contributed by atoms with Gasteiger partial charge < -0.3 is 0 Å². The third-order valence-electron chi connectivity index (χ3n) is 5.59. The predicted octanol–water partition coefficient (Wildman–Crippen LogP) is 6.82. The van der Waals surface area contributed by atoms with Gasteiger partial charge in [-0.05, 0) is 61.7 Å². The number of nitrogens with zero attached hydrogens (tertiary/aromatic N) is 3. The van der Waals surface area contributed by atoms with Gasteiger partial charge in [-0.3, -0.25) is 4.98 Å². The van der Waals surface area contributed by atoms with Gasteiger partial charge in [-0.25, -0.2) is 4.68 Å². The summed E-state index contributed by atoms with van der Waals surface area (Å²) in [5.41, 5.74) is 8.52. The van der Waals surface area contributed by atoms with Crippen molar-refractivity contribution in [1.82, 2.24) is 14.8 Å². The molecule has 2 aromatic heterocycles. The Bertz CT molecular complexity index is 1400. The van der Waals surface area contributed by atoms with E-state index in [1.54, 1.807) is 0 Å². The van der Waals surface area contributed by atoms with E-state index in [0.717, 1.165) is 49.3 Å². The van der Waals surface area contributed by atoms with Crippen molar-refractivity contribution in [2.24, 2.45) is 0 Å². The number of halogens is 1. The van der Waals surface area contributed by atoms with Crippen LogP contribution in [0.5, 0.6) is 0 Å². The maximum absolute atomic E-state index is 6.44. The van der Waals surface area contributed by atoms with E-state index in [0.29, 0.717) is 0 Å². The second kappa shape index (κ2) is 6.71. The van der Waals surface area contributed by atoms with Gasteiger partial charge in [0.1, 0.15) is 5.69 Å². The highest BCUT2D eigenvalue weighted by Crippen LogP contribution is 2.34. The first-order valence-electron chi connectivity index (χ1n) is 9.63. The number of hydrogen-bond donors (Lipinski definition) is 0. The van der Waals surface area contributed by atoms with Crippen LogP contribution in [0.25, 0.3) is 38.8 Å². The summed E-state index contributed by atoms with van der Waals surface area (Å²) >= 11 is 6.44. The molecule has 3 nitrogen and oxygen atoms in total. The minimum absolute atomic E-state index is 0.734. The van der Waals surface area contributed by atoms with Gasteiger partial charge in [-0.2, -0.15) is 5.10 Å². The molecule has 0 saturated carbocycles. The first-order chi connectivity index (χ1) is 14.0. The molecule has 0 aliphatic heterocycles. The van der Waals surface area contributed by atoms with Gasteiger partial charge in [0.05, 0.1) is 16.7 Å². The van der Waals surface area contributed by atoms with E-state index in [-0.39, 0.29) is 0 Å². The Morgan fingerprint density at radius 2 is 1.59 bits per heavy atom. The average Bonchev–Trinajstić information content (AvgIpc) is 3.12. The van der Waals surface area contributed by atoms with Crippen LogP contribution >= 0.6 is 11.6 Å². The summed E-state index contributed by atoms with van der Waals surface area (Å²) in [6, 6.07) is 20.7. The number of fused-ring (bicyclic) bond motifs is 3. The summed E-state index contributed by atoms with van der Waals surface area (Å²) in [7, 11) is 0. The molecule has 2 heterocycles. The quantitative estimate of drug-likeness (QED) is 0.327. The zero-order valence-electron chi connectivity index (χ0n) is 16.6. The van der Waals surface area contributed by atoms with Crippen LogP contribution in [-0.2, 0) is 0 Å². The Kier molecular flexibility index (Phi) is 4.14. The van der Waals surface area contributed by atoms with Crippen LogP contribution in [0.2, 0.25) is 5.02 Å². The monoisotopic (exact) mass is 397 g/mol. The summed E-state index contributed by atoms with van der Waals surface area (Å²) < 4.78 is 2.00. The molecule has 0 spiro atoms. The largest absolute Gasteiger partial charge is 0.255 e. The van der Waals surface area contributed by atoms with Crippen molar-refractivity contribution in [3.63, 3.8) is 0 Å². The smallest absolute Gasteiger partial charge is 0.102 e. The van der Waals surface area contributed by atoms with Crippen molar-refractivity contribution in [1.29, 1.82) is 0 Å². The zero-order chi connectivity index (χ0) is 20.1. The number of rotatable bonds is 2. The lowest BCUT2D eigenvalue weighted by Gasteiger charge is -2.07. The van der Waals surface area contributed by atoms with Crippen molar-refractivity contribution >= 4 is 33.4 Å². The molecule has 0 bridgehead atoms. The summed E-state index contributed by atoms with van der Waals surface area (Å²) in [6.45, 7) is 6.26.